The van der Waals surface area contributed by atoms with E-state index in [0.29, 0.717) is 12.1 Å². The van der Waals surface area contributed by atoms with Gasteiger partial charge in [-0.3, -0.25) is 4.90 Å². The molecule has 0 amide bonds. The molecule has 0 aromatic rings. The van der Waals surface area contributed by atoms with Crippen LogP contribution in [0.15, 0.2) is 0 Å². The Bertz CT molecular complexity index is 177. The molecule has 0 aromatic heterocycles. The molecule has 1 saturated heterocycles. The molecule has 1 heterocycles. The summed E-state index contributed by atoms with van der Waals surface area (Å²) in [6.45, 7) is 15.2. The summed E-state index contributed by atoms with van der Waals surface area (Å²) < 4.78 is 0. The first-order valence-electron chi connectivity index (χ1n) is 6.46. The number of nitrogens with zero attached hydrogens (tertiary/aromatic N) is 1. The maximum Gasteiger partial charge on any atom is 0.0198 e. The highest BCUT2D eigenvalue weighted by Gasteiger charge is 2.25. The van der Waals surface area contributed by atoms with Crippen molar-refractivity contribution in [1.29, 1.82) is 0 Å². The molecular formula is C13H28N2. The SMILES string of the molecule is CC(C)CC1CN(CC(C)C)C(C)CN1. The lowest BCUT2D eigenvalue weighted by Gasteiger charge is -2.40. The first-order valence-corrected chi connectivity index (χ1v) is 6.46. The molecule has 1 aliphatic rings. The Kier molecular flexibility index (Phi) is 5.07. The van der Waals surface area contributed by atoms with Crippen LogP contribution in [0.1, 0.15) is 41.0 Å². The van der Waals surface area contributed by atoms with Crippen molar-refractivity contribution in [2.75, 3.05) is 19.6 Å². The molecule has 2 atom stereocenters. The molecule has 0 aromatic carbocycles. The van der Waals surface area contributed by atoms with Crippen molar-refractivity contribution in [3.63, 3.8) is 0 Å². The van der Waals surface area contributed by atoms with Crippen molar-refractivity contribution in [2.24, 2.45) is 11.8 Å². The fourth-order valence-corrected chi connectivity index (χ4v) is 2.44. The zero-order valence-electron chi connectivity index (χ0n) is 11.1. The average Bonchev–Trinajstić information content (AvgIpc) is 2.09. The van der Waals surface area contributed by atoms with Gasteiger partial charge in [-0.15, -0.1) is 0 Å². The first-order chi connectivity index (χ1) is 6.99. The fourth-order valence-electron chi connectivity index (χ4n) is 2.44. The van der Waals surface area contributed by atoms with Crippen molar-refractivity contribution in [3.05, 3.63) is 0 Å². The highest BCUT2D eigenvalue weighted by molar-refractivity contribution is 4.84. The predicted octanol–water partition coefficient (Wildman–Crippen LogP) is 2.35. The number of piperazine rings is 1. The van der Waals surface area contributed by atoms with Gasteiger partial charge in [0.05, 0.1) is 0 Å². The molecule has 0 aliphatic carbocycles. The maximum absolute atomic E-state index is 3.66. The highest BCUT2D eigenvalue weighted by atomic mass is 15.2. The van der Waals surface area contributed by atoms with Crippen molar-refractivity contribution >= 4 is 0 Å². The summed E-state index contributed by atoms with van der Waals surface area (Å²) in [7, 11) is 0. The molecule has 15 heavy (non-hydrogen) atoms. The minimum absolute atomic E-state index is 0.704. The van der Waals surface area contributed by atoms with Crippen LogP contribution in [-0.4, -0.2) is 36.6 Å². The summed E-state index contributed by atoms with van der Waals surface area (Å²) in [5, 5.41) is 3.66. The van der Waals surface area contributed by atoms with Crippen molar-refractivity contribution in [2.45, 2.75) is 53.1 Å². The van der Waals surface area contributed by atoms with Crippen LogP contribution in [0.4, 0.5) is 0 Å². The van der Waals surface area contributed by atoms with Gasteiger partial charge in [-0.05, 0) is 25.2 Å². The maximum atomic E-state index is 3.66. The predicted molar refractivity (Wildman–Crippen MR) is 67.1 cm³/mol. The van der Waals surface area contributed by atoms with E-state index in [4.69, 9.17) is 0 Å². The van der Waals surface area contributed by atoms with Crippen LogP contribution in [0, 0.1) is 11.8 Å². The quantitative estimate of drug-likeness (QED) is 0.769. The third-order valence-electron chi connectivity index (χ3n) is 3.14. The summed E-state index contributed by atoms with van der Waals surface area (Å²) in [6.07, 6.45) is 1.31. The van der Waals surface area contributed by atoms with Crippen LogP contribution in [0.3, 0.4) is 0 Å². The highest BCUT2D eigenvalue weighted by Crippen LogP contribution is 2.14. The zero-order chi connectivity index (χ0) is 11.4. The lowest BCUT2D eigenvalue weighted by Crippen LogP contribution is -2.56. The lowest BCUT2D eigenvalue weighted by atomic mass is 9.99. The Morgan fingerprint density at radius 2 is 1.87 bits per heavy atom. The Hall–Kier alpha value is -0.0800. The summed E-state index contributed by atoms with van der Waals surface area (Å²) in [4.78, 5) is 2.65. The van der Waals surface area contributed by atoms with Gasteiger partial charge in [0.25, 0.3) is 0 Å². The number of rotatable bonds is 4. The standard InChI is InChI=1S/C13H28N2/c1-10(2)6-13-9-15(8-11(3)4)12(5)7-14-13/h10-14H,6-9H2,1-5H3. The summed E-state index contributed by atoms with van der Waals surface area (Å²) in [5.41, 5.74) is 0. The van der Waals surface area contributed by atoms with Gasteiger partial charge in [0.2, 0.25) is 0 Å². The second-order valence-electron chi connectivity index (χ2n) is 5.93. The molecule has 0 saturated carbocycles. The molecule has 90 valence electrons. The first kappa shape index (κ1) is 13.0. The summed E-state index contributed by atoms with van der Waals surface area (Å²) >= 11 is 0. The minimum Gasteiger partial charge on any atom is -0.311 e. The van der Waals surface area contributed by atoms with Crippen LogP contribution in [0.5, 0.6) is 0 Å². The molecule has 1 aliphatic heterocycles. The van der Waals surface area contributed by atoms with Gasteiger partial charge in [-0.2, -0.15) is 0 Å². The van der Waals surface area contributed by atoms with Crippen LogP contribution >= 0.6 is 0 Å². The Morgan fingerprint density at radius 3 is 2.40 bits per heavy atom. The van der Waals surface area contributed by atoms with E-state index in [-0.39, 0.29) is 0 Å². The summed E-state index contributed by atoms with van der Waals surface area (Å²) in [5.74, 6) is 1.59. The average molecular weight is 212 g/mol. The van der Waals surface area contributed by atoms with Crippen LogP contribution < -0.4 is 5.32 Å². The van der Waals surface area contributed by atoms with Gasteiger partial charge in [0, 0.05) is 31.7 Å². The minimum atomic E-state index is 0.704. The van der Waals surface area contributed by atoms with Crippen LogP contribution in [0.25, 0.3) is 0 Å². The Balaban J connectivity index is 2.41. The van der Waals surface area contributed by atoms with E-state index in [2.05, 4.69) is 44.8 Å². The number of hydrogen-bond donors (Lipinski definition) is 1. The lowest BCUT2D eigenvalue weighted by molar-refractivity contribution is 0.118. The monoisotopic (exact) mass is 212 g/mol. The Morgan fingerprint density at radius 1 is 1.20 bits per heavy atom. The van der Waals surface area contributed by atoms with E-state index in [1.165, 1.54) is 19.5 Å². The van der Waals surface area contributed by atoms with E-state index in [1.807, 2.05) is 0 Å². The molecule has 0 radical (unpaired) electrons. The smallest absolute Gasteiger partial charge is 0.0198 e. The van der Waals surface area contributed by atoms with Crippen molar-refractivity contribution in [3.8, 4) is 0 Å². The molecule has 0 spiro atoms. The molecule has 1 N–H and O–H groups in total. The van der Waals surface area contributed by atoms with Crippen LogP contribution in [0.2, 0.25) is 0 Å². The number of hydrogen-bond acceptors (Lipinski definition) is 2. The Labute approximate surface area is 95.4 Å². The van der Waals surface area contributed by atoms with E-state index >= 15 is 0 Å². The van der Waals surface area contributed by atoms with E-state index in [9.17, 15) is 0 Å². The van der Waals surface area contributed by atoms with Gasteiger partial charge in [0.15, 0.2) is 0 Å². The van der Waals surface area contributed by atoms with Crippen molar-refractivity contribution < 1.29 is 0 Å². The van der Waals surface area contributed by atoms with Gasteiger partial charge in [-0.1, -0.05) is 27.7 Å². The molecule has 0 bridgehead atoms. The zero-order valence-corrected chi connectivity index (χ0v) is 11.1. The molecule has 1 fully saturated rings. The molecule has 1 rings (SSSR count). The number of nitrogens with one attached hydrogen (secondary N) is 1. The third-order valence-corrected chi connectivity index (χ3v) is 3.14. The van der Waals surface area contributed by atoms with Gasteiger partial charge >= 0.3 is 0 Å². The molecule has 2 unspecified atom stereocenters. The normalized spacial score (nSPS) is 29.0. The molecule has 2 heteroatoms. The van der Waals surface area contributed by atoms with Gasteiger partial charge in [-0.25, -0.2) is 0 Å². The van der Waals surface area contributed by atoms with E-state index < -0.39 is 0 Å². The third kappa shape index (κ3) is 4.52. The molecular weight excluding hydrogens is 184 g/mol. The van der Waals surface area contributed by atoms with Crippen LogP contribution in [-0.2, 0) is 0 Å². The second kappa shape index (κ2) is 5.86. The van der Waals surface area contributed by atoms with Gasteiger partial charge in [0.1, 0.15) is 0 Å². The van der Waals surface area contributed by atoms with Crippen molar-refractivity contribution in [1.82, 2.24) is 10.2 Å². The molecule has 2 nitrogen and oxygen atoms in total. The summed E-state index contributed by atoms with van der Waals surface area (Å²) in [6, 6.07) is 1.41. The topological polar surface area (TPSA) is 15.3 Å². The van der Waals surface area contributed by atoms with E-state index in [0.717, 1.165) is 18.4 Å². The largest absolute Gasteiger partial charge is 0.311 e. The van der Waals surface area contributed by atoms with E-state index in [1.54, 1.807) is 0 Å². The fraction of sp³-hybridized carbons (Fsp3) is 1.00. The van der Waals surface area contributed by atoms with Gasteiger partial charge < -0.3 is 5.32 Å². The second-order valence-corrected chi connectivity index (χ2v) is 5.93.